The second kappa shape index (κ2) is 6.27. The third-order valence-corrected chi connectivity index (χ3v) is 4.08. The van der Waals surface area contributed by atoms with Crippen LogP contribution in [0.1, 0.15) is 24.0 Å². The Bertz CT molecular complexity index is 473. The fourth-order valence-electron chi connectivity index (χ4n) is 3.15. The molecule has 110 valence electrons. The zero-order valence-electron chi connectivity index (χ0n) is 12.8. The number of nitrogens with zero attached hydrogens (tertiary/aromatic N) is 2. The first-order chi connectivity index (χ1) is 9.49. The average Bonchev–Trinajstić information content (AvgIpc) is 2.39. The summed E-state index contributed by atoms with van der Waals surface area (Å²) in [6.45, 7) is 5.39. The van der Waals surface area contributed by atoms with Gasteiger partial charge >= 0.3 is 0 Å². The first kappa shape index (κ1) is 14.9. The second-order valence-electron chi connectivity index (χ2n) is 6.08. The van der Waals surface area contributed by atoms with Gasteiger partial charge in [0.1, 0.15) is 5.84 Å². The molecule has 4 heteroatoms. The molecule has 0 bridgehead atoms. The summed E-state index contributed by atoms with van der Waals surface area (Å²) in [5, 5.41) is 7.77. The van der Waals surface area contributed by atoms with Gasteiger partial charge in [0.05, 0.1) is 5.69 Å². The van der Waals surface area contributed by atoms with Crippen LogP contribution in [0.25, 0.3) is 0 Å². The normalized spacial score (nSPS) is 16.7. The number of amidine groups is 1. The number of nitrogens with two attached hydrogens (primary N) is 1. The van der Waals surface area contributed by atoms with Crippen molar-refractivity contribution in [1.29, 1.82) is 5.41 Å². The predicted octanol–water partition coefficient (Wildman–Crippen LogP) is 2.06. The van der Waals surface area contributed by atoms with Crippen molar-refractivity contribution in [2.75, 3.05) is 38.6 Å². The van der Waals surface area contributed by atoms with Gasteiger partial charge in [-0.05, 0) is 51.4 Å². The fourth-order valence-corrected chi connectivity index (χ4v) is 3.15. The van der Waals surface area contributed by atoms with Crippen LogP contribution in [0.4, 0.5) is 5.69 Å². The molecule has 1 heterocycles. The molecule has 0 spiro atoms. The molecule has 20 heavy (non-hydrogen) atoms. The summed E-state index contributed by atoms with van der Waals surface area (Å²) >= 11 is 0. The van der Waals surface area contributed by atoms with Gasteiger partial charge in [0.25, 0.3) is 0 Å². The van der Waals surface area contributed by atoms with E-state index in [9.17, 15) is 0 Å². The molecule has 1 saturated heterocycles. The average molecular weight is 274 g/mol. The van der Waals surface area contributed by atoms with E-state index in [0.717, 1.165) is 30.3 Å². The molecule has 1 aromatic rings. The maximum absolute atomic E-state index is 7.77. The molecule has 4 nitrogen and oxygen atoms in total. The van der Waals surface area contributed by atoms with Gasteiger partial charge in [-0.3, -0.25) is 5.41 Å². The van der Waals surface area contributed by atoms with Crippen molar-refractivity contribution >= 4 is 11.5 Å². The van der Waals surface area contributed by atoms with E-state index in [0.29, 0.717) is 0 Å². The summed E-state index contributed by atoms with van der Waals surface area (Å²) in [6.07, 6.45) is 2.42. The monoisotopic (exact) mass is 274 g/mol. The van der Waals surface area contributed by atoms with Crippen molar-refractivity contribution in [2.45, 2.75) is 19.8 Å². The van der Waals surface area contributed by atoms with Crippen LogP contribution < -0.4 is 10.6 Å². The molecular formula is C16H26N4. The molecule has 1 fully saturated rings. The van der Waals surface area contributed by atoms with Crippen molar-refractivity contribution in [3.63, 3.8) is 0 Å². The largest absolute Gasteiger partial charge is 0.384 e. The van der Waals surface area contributed by atoms with Gasteiger partial charge < -0.3 is 15.5 Å². The highest BCUT2D eigenvalue weighted by atomic mass is 15.1. The summed E-state index contributed by atoms with van der Waals surface area (Å²) in [5.41, 5.74) is 8.97. The Morgan fingerprint density at radius 3 is 2.55 bits per heavy atom. The molecule has 0 aromatic heterocycles. The first-order valence-electron chi connectivity index (χ1n) is 7.32. The van der Waals surface area contributed by atoms with Crippen LogP contribution in [-0.4, -0.2) is 44.5 Å². The Morgan fingerprint density at radius 2 is 2.00 bits per heavy atom. The van der Waals surface area contributed by atoms with E-state index in [1.54, 1.807) is 0 Å². The van der Waals surface area contributed by atoms with E-state index >= 15 is 0 Å². The number of nitrogen functional groups attached to an aromatic ring is 1. The van der Waals surface area contributed by atoms with E-state index in [4.69, 9.17) is 11.1 Å². The van der Waals surface area contributed by atoms with E-state index in [1.807, 2.05) is 12.1 Å². The Morgan fingerprint density at radius 1 is 1.35 bits per heavy atom. The molecule has 0 atom stereocenters. The third kappa shape index (κ3) is 3.31. The van der Waals surface area contributed by atoms with Gasteiger partial charge in [-0.25, -0.2) is 0 Å². The molecule has 0 amide bonds. The number of rotatable bonds is 4. The van der Waals surface area contributed by atoms with Gasteiger partial charge in [-0.1, -0.05) is 12.1 Å². The van der Waals surface area contributed by atoms with Crippen LogP contribution >= 0.6 is 0 Å². The van der Waals surface area contributed by atoms with Gasteiger partial charge in [0.2, 0.25) is 0 Å². The Hall–Kier alpha value is -1.55. The smallest absolute Gasteiger partial charge is 0.124 e. The van der Waals surface area contributed by atoms with Crippen LogP contribution in [0.3, 0.4) is 0 Å². The third-order valence-electron chi connectivity index (χ3n) is 4.08. The van der Waals surface area contributed by atoms with E-state index < -0.39 is 0 Å². The molecule has 0 saturated carbocycles. The highest BCUT2D eigenvalue weighted by Gasteiger charge is 2.23. The molecule has 0 radical (unpaired) electrons. The van der Waals surface area contributed by atoms with E-state index in [1.165, 1.54) is 24.9 Å². The predicted molar refractivity (Wildman–Crippen MR) is 85.7 cm³/mol. The number of hydrogen-bond donors (Lipinski definition) is 2. The van der Waals surface area contributed by atoms with Crippen molar-refractivity contribution in [2.24, 2.45) is 11.7 Å². The second-order valence-corrected chi connectivity index (χ2v) is 6.08. The first-order valence-corrected chi connectivity index (χ1v) is 7.32. The minimum atomic E-state index is 0.166. The number of para-hydroxylation sites is 1. The molecular weight excluding hydrogens is 248 g/mol. The van der Waals surface area contributed by atoms with Crippen LogP contribution in [0.5, 0.6) is 0 Å². The number of aryl methyl sites for hydroxylation is 1. The van der Waals surface area contributed by atoms with Gasteiger partial charge in [0, 0.05) is 25.2 Å². The minimum absolute atomic E-state index is 0.166. The zero-order valence-corrected chi connectivity index (χ0v) is 12.8. The Kier molecular flexibility index (Phi) is 4.65. The molecule has 1 aromatic carbocycles. The number of benzene rings is 1. The van der Waals surface area contributed by atoms with Crippen molar-refractivity contribution < 1.29 is 0 Å². The summed E-state index contributed by atoms with van der Waals surface area (Å²) in [6, 6.07) is 6.04. The van der Waals surface area contributed by atoms with Crippen LogP contribution in [0.2, 0.25) is 0 Å². The lowest BCUT2D eigenvalue weighted by Gasteiger charge is -2.36. The summed E-state index contributed by atoms with van der Waals surface area (Å²) in [5.74, 6) is 0.949. The quantitative estimate of drug-likeness (QED) is 0.652. The van der Waals surface area contributed by atoms with Crippen molar-refractivity contribution in [3.05, 3.63) is 29.3 Å². The number of hydrogen-bond acceptors (Lipinski definition) is 3. The molecule has 2 rings (SSSR count). The van der Waals surface area contributed by atoms with Gasteiger partial charge in [-0.15, -0.1) is 0 Å². The molecule has 1 aliphatic heterocycles. The number of nitrogens with one attached hydrogen (secondary N) is 1. The maximum Gasteiger partial charge on any atom is 0.124 e. The highest BCUT2D eigenvalue weighted by Crippen LogP contribution is 2.29. The van der Waals surface area contributed by atoms with Gasteiger partial charge in [0.15, 0.2) is 0 Å². The number of anilines is 1. The Balaban J connectivity index is 2.13. The lowest BCUT2D eigenvalue weighted by atomic mass is 9.94. The zero-order chi connectivity index (χ0) is 14.7. The van der Waals surface area contributed by atoms with Crippen LogP contribution in [0, 0.1) is 18.3 Å². The fraction of sp³-hybridized carbons (Fsp3) is 0.562. The summed E-state index contributed by atoms with van der Waals surface area (Å²) < 4.78 is 0. The molecule has 0 unspecified atom stereocenters. The van der Waals surface area contributed by atoms with Crippen LogP contribution in [0.15, 0.2) is 18.2 Å². The lowest BCUT2D eigenvalue weighted by Crippen LogP contribution is -2.38. The molecule has 3 N–H and O–H groups in total. The molecule has 1 aliphatic rings. The molecule has 0 aliphatic carbocycles. The topological polar surface area (TPSA) is 56.4 Å². The van der Waals surface area contributed by atoms with Gasteiger partial charge in [-0.2, -0.15) is 0 Å². The number of piperidine rings is 1. The SMILES string of the molecule is Cc1cccc(C(=N)N)c1N1CCC(CN(C)C)CC1. The van der Waals surface area contributed by atoms with Crippen LogP contribution in [-0.2, 0) is 0 Å². The lowest BCUT2D eigenvalue weighted by molar-refractivity contribution is 0.285. The standard InChI is InChI=1S/C16H26N4/c1-12-5-4-6-14(16(17)18)15(12)20-9-7-13(8-10-20)11-19(2)3/h4-6,13H,7-11H2,1-3H3,(H3,17,18). The minimum Gasteiger partial charge on any atom is -0.384 e. The van der Waals surface area contributed by atoms with Crippen molar-refractivity contribution in [3.8, 4) is 0 Å². The van der Waals surface area contributed by atoms with E-state index in [2.05, 4.69) is 36.9 Å². The Labute approximate surface area is 122 Å². The maximum atomic E-state index is 7.77. The highest BCUT2D eigenvalue weighted by molar-refractivity contribution is 6.01. The summed E-state index contributed by atoms with van der Waals surface area (Å²) in [4.78, 5) is 4.67. The van der Waals surface area contributed by atoms with E-state index in [-0.39, 0.29) is 5.84 Å². The summed E-state index contributed by atoms with van der Waals surface area (Å²) in [7, 11) is 4.28. The van der Waals surface area contributed by atoms with Crippen molar-refractivity contribution in [1.82, 2.24) is 4.90 Å².